The zero-order valence-corrected chi connectivity index (χ0v) is 15.6. The Labute approximate surface area is 170 Å². The molecule has 1 amide bonds. The molecule has 3 aromatic carbocycles. The van der Waals surface area contributed by atoms with Crippen LogP contribution in [0.5, 0.6) is 0 Å². The average molecular weight is 407 g/mol. The zero-order chi connectivity index (χ0) is 21.1. The molecule has 1 heterocycles. The molecule has 0 aliphatic rings. The Kier molecular flexibility index (Phi) is 5.10. The molecular weight excluding hydrogens is 391 g/mol. The number of alkyl halides is 3. The van der Waals surface area contributed by atoms with Crippen molar-refractivity contribution in [3.8, 4) is 0 Å². The van der Waals surface area contributed by atoms with Crippen molar-refractivity contribution >= 4 is 34.0 Å². The predicted octanol–water partition coefficient (Wildman–Crippen LogP) is 6.25. The number of para-hydroxylation sites is 2. The third kappa shape index (κ3) is 4.25. The van der Waals surface area contributed by atoms with Crippen LogP contribution in [-0.4, -0.2) is 10.9 Å². The molecule has 0 spiro atoms. The minimum absolute atomic E-state index is 0.310. The Morgan fingerprint density at radius 2 is 1.47 bits per heavy atom. The van der Waals surface area contributed by atoms with E-state index in [0.717, 1.165) is 12.1 Å². The predicted molar refractivity (Wildman–Crippen MR) is 111 cm³/mol. The summed E-state index contributed by atoms with van der Waals surface area (Å²) in [5, 5.41) is 6.49. The molecular formula is C23H16F3N3O. The molecule has 2 N–H and O–H groups in total. The summed E-state index contributed by atoms with van der Waals surface area (Å²) in [7, 11) is 0. The normalized spacial score (nSPS) is 11.3. The van der Waals surface area contributed by atoms with Crippen LogP contribution in [0.25, 0.3) is 10.9 Å². The van der Waals surface area contributed by atoms with E-state index in [9.17, 15) is 18.0 Å². The Balaban J connectivity index is 1.67. The van der Waals surface area contributed by atoms with Gasteiger partial charge in [-0.05, 0) is 48.5 Å². The Hall–Kier alpha value is -3.87. The molecule has 0 aliphatic heterocycles. The van der Waals surface area contributed by atoms with Gasteiger partial charge in [0.2, 0.25) is 0 Å². The largest absolute Gasteiger partial charge is 0.416 e. The minimum atomic E-state index is -4.40. The number of amides is 1. The molecule has 0 fully saturated rings. The number of carbonyl (C=O) groups is 1. The monoisotopic (exact) mass is 407 g/mol. The number of nitrogens with zero attached hydrogens (tertiary/aromatic N) is 1. The molecule has 0 atom stereocenters. The van der Waals surface area contributed by atoms with E-state index in [1.165, 1.54) is 12.1 Å². The van der Waals surface area contributed by atoms with E-state index in [1.54, 1.807) is 36.4 Å². The number of fused-ring (bicyclic) bond motifs is 1. The van der Waals surface area contributed by atoms with Crippen molar-refractivity contribution in [2.24, 2.45) is 0 Å². The number of rotatable bonds is 4. The van der Waals surface area contributed by atoms with E-state index < -0.39 is 11.7 Å². The first-order valence-corrected chi connectivity index (χ1v) is 9.11. The number of nitrogens with one attached hydrogen (secondary N) is 2. The summed E-state index contributed by atoms with van der Waals surface area (Å²) < 4.78 is 38.3. The van der Waals surface area contributed by atoms with E-state index in [0.29, 0.717) is 33.7 Å². The fraction of sp³-hybridized carbons (Fsp3) is 0.0435. The zero-order valence-electron chi connectivity index (χ0n) is 15.6. The van der Waals surface area contributed by atoms with Crippen LogP contribution in [-0.2, 0) is 6.18 Å². The molecule has 0 unspecified atom stereocenters. The maximum atomic E-state index is 12.9. The van der Waals surface area contributed by atoms with Gasteiger partial charge < -0.3 is 10.6 Å². The van der Waals surface area contributed by atoms with Crippen LogP contribution in [0.4, 0.5) is 30.4 Å². The van der Waals surface area contributed by atoms with E-state index in [4.69, 9.17) is 0 Å². The SMILES string of the molecule is O=C(Nc1ccccc1)c1cc(Nc2ccc(C(F)(F)F)cc2)nc2ccccc12. The number of hydrogen-bond acceptors (Lipinski definition) is 3. The molecule has 30 heavy (non-hydrogen) atoms. The summed E-state index contributed by atoms with van der Waals surface area (Å²) in [6.07, 6.45) is -4.40. The average Bonchev–Trinajstić information content (AvgIpc) is 2.73. The lowest BCUT2D eigenvalue weighted by Gasteiger charge is -2.12. The van der Waals surface area contributed by atoms with E-state index in [2.05, 4.69) is 15.6 Å². The molecule has 7 heteroatoms. The van der Waals surface area contributed by atoms with Crippen molar-refractivity contribution < 1.29 is 18.0 Å². The van der Waals surface area contributed by atoms with Crippen LogP contribution in [0, 0.1) is 0 Å². The van der Waals surface area contributed by atoms with Crippen LogP contribution in [0.2, 0.25) is 0 Å². The molecule has 0 radical (unpaired) electrons. The highest BCUT2D eigenvalue weighted by molar-refractivity contribution is 6.13. The smallest absolute Gasteiger partial charge is 0.340 e. The van der Waals surface area contributed by atoms with E-state index in [-0.39, 0.29) is 5.91 Å². The summed E-state index contributed by atoms with van der Waals surface area (Å²) >= 11 is 0. The fourth-order valence-electron chi connectivity index (χ4n) is 3.04. The maximum Gasteiger partial charge on any atom is 0.416 e. The topological polar surface area (TPSA) is 54.0 Å². The fourth-order valence-corrected chi connectivity index (χ4v) is 3.04. The number of anilines is 3. The van der Waals surface area contributed by atoms with Gasteiger partial charge in [0.25, 0.3) is 5.91 Å². The van der Waals surface area contributed by atoms with Crippen molar-refractivity contribution in [3.63, 3.8) is 0 Å². The summed E-state index contributed by atoms with van der Waals surface area (Å²) in [6, 6.07) is 22.4. The van der Waals surface area contributed by atoms with Crippen LogP contribution >= 0.6 is 0 Å². The Morgan fingerprint density at radius 1 is 0.800 bits per heavy atom. The maximum absolute atomic E-state index is 12.9. The van der Waals surface area contributed by atoms with Gasteiger partial charge in [0.1, 0.15) is 5.82 Å². The second kappa shape index (κ2) is 7.87. The van der Waals surface area contributed by atoms with Gasteiger partial charge in [-0.2, -0.15) is 13.2 Å². The van der Waals surface area contributed by atoms with Crippen LogP contribution < -0.4 is 10.6 Å². The highest BCUT2D eigenvalue weighted by Crippen LogP contribution is 2.31. The number of benzene rings is 3. The minimum Gasteiger partial charge on any atom is -0.340 e. The lowest BCUT2D eigenvalue weighted by Crippen LogP contribution is -2.13. The van der Waals surface area contributed by atoms with Crippen molar-refractivity contribution in [1.29, 1.82) is 0 Å². The van der Waals surface area contributed by atoms with Gasteiger partial charge in [-0.3, -0.25) is 4.79 Å². The lowest BCUT2D eigenvalue weighted by molar-refractivity contribution is -0.137. The number of halogens is 3. The van der Waals surface area contributed by atoms with Gasteiger partial charge in [0, 0.05) is 16.8 Å². The first-order valence-electron chi connectivity index (χ1n) is 9.11. The summed E-state index contributed by atoms with van der Waals surface area (Å²) in [5.41, 5.74) is 1.34. The lowest BCUT2D eigenvalue weighted by atomic mass is 10.1. The van der Waals surface area contributed by atoms with Gasteiger partial charge in [-0.1, -0.05) is 36.4 Å². The third-order valence-corrected chi connectivity index (χ3v) is 4.48. The Bertz CT molecular complexity index is 1190. The van der Waals surface area contributed by atoms with E-state index in [1.807, 2.05) is 24.3 Å². The van der Waals surface area contributed by atoms with Crippen LogP contribution in [0.3, 0.4) is 0 Å². The van der Waals surface area contributed by atoms with Gasteiger partial charge in [-0.15, -0.1) is 0 Å². The van der Waals surface area contributed by atoms with Crippen LogP contribution in [0.15, 0.2) is 84.9 Å². The summed E-state index contributed by atoms with van der Waals surface area (Å²) in [6.45, 7) is 0. The van der Waals surface area contributed by atoms with Crippen LogP contribution in [0.1, 0.15) is 15.9 Å². The second-order valence-corrected chi connectivity index (χ2v) is 6.59. The van der Waals surface area contributed by atoms with Crippen molar-refractivity contribution in [2.75, 3.05) is 10.6 Å². The Morgan fingerprint density at radius 3 is 2.17 bits per heavy atom. The molecule has 0 aliphatic carbocycles. The summed E-state index contributed by atoms with van der Waals surface area (Å²) in [4.78, 5) is 17.4. The number of pyridine rings is 1. The quantitative estimate of drug-likeness (QED) is 0.420. The van der Waals surface area contributed by atoms with Crippen molar-refractivity contribution in [3.05, 3.63) is 96.1 Å². The number of aromatic nitrogens is 1. The highest BCUT2D eigenvalue weighted by atomic mass is 19.4. The molecule has 1 aromatic heterocycles. The molecule has 150 valence electrons. The first-order chi connectivity index (χ1) is 14.4. The molecule has 4 rings (SSSR count). The first kappa shape index (κ1) is 19.4. The second-order valence-electron chi connectivity index (χ2n) is 6.59. The molecule has 0 saturated heterocycles. The highest BCUT2D eigenvalue weighted by Gasteiger charge is 2.29. The number of carbonyl (C=O) groups excluding carboxylic acids is 1. The van der Waals surface area contributed by atoms with Gasteiger partial charge in [0.05, 0.1) is 16.6 Å². The van der Waals surface area contributed by atoms with Crippen molar-refractivity contribution in [2.45, 2.75) is 6.18 Å². The van der Waals surface area contributed by atoms with Gasteiger partial charge in [-0.25, -0.2) is 4.98 Å². The molecule has 0 bridgehead atoms. The third-order valence-electron chi connectivity index (χ3n) is 4.48. The molecule has 0 saturated carbocycles. The van der Waals surface area contributed by atoms with Gasteiger partial charge >= 0.3 is 6.18 Å². The number of hydrogen-bond donors (Lipinski definition) is 2. The standard InChI is InChI=1S/C23H16F3N3O/c24-23(25,26)15-10-12-17(13-11-15)27-21-14-19(18-8-4-5-9-20(18)29-21)22(30)28-16-6-2-1-3-7-16/h1-14H,(H,27,29)(H,28,30). The summed E-state index contributed by atoms with van der Waals surface area (Å²) in [5.74, 6) is 0.0435. The van der Waals surface area contributed by atoms with Crippen molar-refractivity contribution in [1.82, 2.24) is 4.98 Å². The molecule has 4 aromatic rings. The van der Waals surface area contributed by atoms with E-state index >= 15 is 0 Å². The van der Waals surface area contributed by atoms with Gasteiger partial charge in [0.15, 0.2) is 0 Å². The molecule has 4 nitrogen and oxygen atoms in total.